The fourth-order valence-corrected chi connectivity index (χ4v) is 3.27. The number of hydrogen-bond acceptors (Lipinski definition) is 5. The zero-order valence-corrected chi connectivity index (χ0v) is 18.1. The highest BCUT2D eigenvalue weighted by molar-refractivity contribution is 14.1. The van der Waals surface area contributed by atoms with Crippen LogP contribution < -0.4 is 10.1 Å². The van der Waals surface area contributed by atoms with Crippen LogP contribution in [0.3, 0.4) is 0 Å². The predicted octanol–water partition coefficient (Wildman–Crippen LogP) is 3.85. The van der Waals surface area contributed by atoms with Crippen LogP contribution in [0.1, 0.15) is 29.8 Å². The van der Waals surface area contributed by atoms with Gasteiger partial charge in [-0.25, -0.2) is 0 Å². The van der Waals surface area contributed by atoms with Gasteiger partial charge in [-0.15, -0.1) is 0 Å². The molecular weight excluding hydrogens is 473 g/mol. The van der Waals surface area contributed by atoms with Crippen LogP contribution in [0.4, 0.5) is 5.69 Å². The van der Waals surface area contributed by atoms with E-state index in [1.807, 2.05) is 46.9 Å². The summed E-state index contributed by atoms with van der Waals surface area (Å²) in [5.41, 5.74) is 1.04. The first-order valence-corrected chi connectivity index (χ1v) is 10.2. The second-order valence-electron chi connectivity index (χ2n) is 6.09. The largest absolute Gasteiger partial charge is 0.492 e. The van der Waals surface area contributed by atoms with E-state index >= 15 is 0 Å². The van der Waals surface area contributed by atoms with E-state index in [4.69, 9.17) is 4.74 Å². The summed E-state index contributed by atoms with van der Waals surface area (Å²) in [5.74, 6) is 0.370. The molecule has 2 aromatic carbocycles. The Balaban J connectivity index is 2.02. The Bertz CT molecular complexity index is 825. The molecule has 1 amide bonds. The Labute approximate surface area is 178 Å². The van der Waals surface area contributed by atoms with Crippen molar-refractivity contribution in [3.63, 3.8) is 0 Å². The molecule has 2 aromatic rings. The molecule has 8 heteroatoms. The number of halogens is 1. The molecule has 0 aliphatic rings. The number of benzene rings is 2. The van der Waals surface area contributed by atoms with Crippen molar-refractivity contribution in [2.24, 2.45) is 0 Å². The minimum absolute atomic E-state index is 0.106. The molecule has 0 aliphatic carbocycles. The lowest BCUT2D eigenvalue weighted by atomic mass is 10.1. The molecule has 7 nitrogen and oxygen atoms in total. The third-order valence-electron chi connectivity index (χ3n) is 4.38. The first kappa shape index (κ1) is 22.1. The minimum Gasteiger partial charge on any atom is -0.492 e. The van der Waals surface area contributed by atoms with E-state index in [1.54, 1.807) is 6.07 Å². The molecule has 0 bridgehead atoms. The van der Waals surface area contributed by atoms with E-state index in [9.17, 15) is 14.9 Å². The molecule has 28 heavy (non-hydrogen) atoms. The molecule has 0 saturated heterocycles. The number of rotatable bonds is 10. The number of para-hydroxylation sites is 1. The quantitative estimate of drug-likeness (QED) is 0.306. The van der Waals surface area contributed by atoms with Crippen LogP contribution in [0.5, 0.6) is 5.75 Å². The van der Waals surface area contributed by atoms with E-state index in [0.29, 0.717) is 10.2 Å². The lowest BCUT2D eigenvalue weighted by Gasteiger charge is -2.19. The molecule has 0 atom stereocenters. The lowest BCUT2D eigenvalue weighted by molar-refractivity contribution is -0.384. The summed E-state index contributed by atoms with van der Waals surface area (Å²) in [7, 11) is 0. The maximum atomic E-state index is 12.5. The van der Waals surface area contributed by atoms with Crippen molar-refractivity contribution < 1.29 is 14.5 Å². The van der Waals surface area contributed by atoms with Crippen molar-refractivity contribution in [3.05, 3.63) is 67.3 Å². The Hall–Kier alpha value is -2.20. The molecule has 1 N–H and O–H groups in total. The molecule has 0 radical (unpaired) electrons. The molecule has 0 unspecified atom stereocenters. The van der Waals surface area contributed by atoms with E-state index < -0.39 is 4.92 Å². The highest BCUT2D eigenvalue weighted by Crippen LogP contribution is 2.21. The standard InChI is InChI=1S/C20H24IN3O4/c1-3-23(4-2)11-12-28-19-8-6-5-7-15(19)14-22-20(25)17-13-16(24(26)27)9-10-18(17)21/h5-10,13H,3-4,11-12,14H2,1-2H3,(H,22,25). The van der Waals surface area contributed by atoms with Crippen molar-refractivity contribution in [1.29, 1.82) is 0 Å². The average Bonchev–Trinajstić information content (AvgIpc) is 2.70. The van der Waals surface area contributed by atoms with Gasteiger partial charge < -0.3 is 15.0 Å². The van der Waals surface area contributed by atoms with Gasteiger partial charge in [0, 0.05) is 34.4 Å². The Morgan fingerprint density at radius 3 is 2.61 bits per heavy atom. The first-order valence-electron chi connectivity index (χ1n) is 9.11. The Morgan fingerprint density at radius 1 is 1.21 bits per heavy atom. The summed E-state index contributed by atoms with van der Waals surface area (Å²) in [5, 5.41) is 13.8. The number of amides is 1. The third kappa shape index (κ3) is 6.16. The van der Waals surface area contributed by atoms with Crippen molar-refractivity contribution in [2.75, 3.05) is 26.2 Å². The summed E-state index contributed by atoms with van der Waals surface area (Å²) in [6.07, 6.45) is 0. The first-order chi connectivity index (χ1) is 13.5. The normalized spacial score (nSPS) is 10.7. The lowest BCUT2D eigenvalue weighted by Crippen LogP contribution is -2.28. The number of nitrogens with one attached hydrogen (secondary N) is 1. The number of carbonyl (C=O) groups excluding carboxylic acids is 1. The fraction of sp³-hybridized carbons (Fsp3) is 0.350. The number of ether oxygens (including phenoxy) is 1. The summed E-state index contributed by atoms with van der Waals surface area (Å²) < 4.78 is 6.56. The number of likely N-dealkylation sites (N-methyl/N-ethyl adjacent to an activating group) is 1. The van der Waals surface area contributed by atoms with Gasteiger partial charge in [0.2, 0.25) is 0 Å². The van der Waals surface area contributed by atoms with Crippen LogP contribution in [0, 0.1) is 13.7 Å². The van der Waals surface area contributed by atoms with Gasteiger partial charge in [-0.1, -0.05) is 32.0 Å². The predicted molar refractivity (Wildman–Crippen MR) is 117 cm³/mol. The Kier molecular flexibility index (Phi) is 8.65. The van der Waals surface area contributed by atoms with Crippen molar-refractivity contribution in [3.8, 4) is 5.75 Å². The van der Waals surface area contributed by atoms with Gasteiger partial charge in [0.05, 0.1) is 10.5 Å². The number of carbonyl (C=O) groups is 1. The molecule has 0 spiro atoms. The molecule has 0 aromatic heterocycles. The van der Waals surface area contributed by atoms with Gasteiger partial charge in [0.15, 0.2) is 0 Å². The maximum absolute atomic E-state index is 12.5. The smallest absolute Gasteiger partial charge is 0.270 e. The van der Waals surface area contributed by atoms with Crippen LogP contribution in [-0.2, 0) is 6.54 Å². The van der Waals surface area contributed by atoms with Crippen molar-refractivity contribution in [1.82, 2.24) is 10.2 Å². The molecule has 0 aliphatic heterocycles. The molecule has 2 rings (SSSR count). The van der Waals surface area contributed by atoms with E-state index in [0.717, 1.165) is 30.9 Å². The van der Waals surface area contributed by atoms with Gasteiger partial charge in [-0.2, -0.15) is 0 Å². The average molecular weight is 497 g/mol. The van der Waals surface area contributed by atoms with Crippen LogP contribution >= 0.6 is 22.6 Å². The van der Waals surface area contributed by atoms with Crippen LogP contribution in [0.25, 0.3) is 0 Å². The molecule has 150 valence electrons. The van der Waals surface area contributed by atoms with Gasteiger partial charge in [0.25, 0.3) is 11.6 Å². The SMILES string of the molecule is CCN(CC)CCOc1ccccc1CNC(=O)c1cc([N+](=O)[O-])ccc1I. The number of hydrogen-bond donors (Lipinski definition) is 1. The number of nitro benzene ring substituents is 1. The van der Waals surface area contributed by atoms with E-state index in [1.165, 1.54) is 12.1 Å². The zero-order chi connectivity index (χ0) is 20.5. The summed E-state index contributed by atoms with van der Waals surface area (Å²) >= 11 is 2.00. The molecule has 0 heterocycles. The van der Waals surface area contributed by atoms with Crippen LogP contribution in [0.2, 0.25) is 0 Å². The topological polar surface area (TPSA) is 84.7 Å². The van der Waals surface area contributed by atoms with Crippen molar-refractivity contribution >= 4 is 34.2 Å². The highest BCUT2D eigenvalue weighted by Gasteiger charge is 2.16. The van der Waals surface area contributed by atoms with E-state index in [-0.39, 0.29) is 23.7 Å². The fourth-order valence-electron chi connectivity index (χ4n) is 2.69. The monoisotopic (exact) mass is 497 g/mol. The number of non-ortho nitro benzene ring substituents is 1. The second-order valence-corrected chi connectivity index (χ2v) is 7.25. The number of nitro groups is 1. The minimum atomic E-state index is -0.508. The number of nitrogens with zero attached hydrogens (tertiary/aromatic N) is 2. The summed E-state index contributed by atoms with van der Waals surface area (Å²) in [6.45, 7) is 7.84. The van der Waals surface area contributed by atoms with Gasteiger partial charge >= 0.3 is 0 Å². The van der Waals surface area contributed by atoms with Crippen molar-refractivity contribution in [2.45, 2.75) is 20.4 Å². The van der Waals surface area contributed by atoms with Gasteiger partial charge in [0.1, 0.15) is 12.4 Å². The molecular formula is C20H24IN3O4. The highest BCUT2D eigenvalue weighted by atomic mass is 127. The van der Waals surface area contributed by atoms with Crippen LogP contribution in [0.15, 0.2) is 42.5 Å². The second kappa shape index (κ2) is 11.0. The summed E-state index contributed by atoms with van der Waals surface area (Å²) in [6, 6.07) is 11.8. The third-order valence-corrected chi connectivity index (χ3v) is 5.32. The van der Waals surface area contributed by atoms with Gasteiger partial charge in [-0.05, 0) is 47.8 Å². The van der Waals surface area contributed by atoms with Gasteiger partial charge in [-0.3, -0.25) is 14.9 Å². The maximum Gasteiger partial charge on any atom is 0.270 e. The molecule has 0 fully saturated rings. The molecule has 0 saturated carbocycles. The van der Waals surface area contributed by atoms with Crippen LogP contribution in [-0.4, -0.2) is 42.0 Å². The summed E-state index contributed by atoms with van der Waals surface area (Å²) in [4.78, 5) is 25.2. The van der Waals surface area contributed by atoms with E-state index in [2.05, 4.69) is 24.1 Å². The Morgan fingerprint density at radius 2 is 1.93 bits per heavy atom. The zero-order valence-electron chi connectivity index (χ0n) is 16.0.